The zero-order chi connectivity index (χ0) is 13.0. The van der Waals surface area contributed by atoms with Crippen LogP contribution in [0.15, 0.2) is 29.2 Å². The van der Waals surface area contributed by atoms with Crippen LogP contribution in [0.2, 0.25) is 0 Å². The van der Waals surface area contributed by atoms with Crippen molar-refractivity contribution in [2.24, 2.45) is 5.92 Å². The Morgan fingerprint density at radius 2 is 1.78 bits per heavy atom. The Hall–Kier alpha value is -1.27. The van der Waals surface area contributed by atoms with Crippen molar-refractivity contribution in [2.75, 3.05) is 6.26 Å². The van der Waals surface area contributed by atoms with Gasteiger partial charge in [0.05, 0.1) is 4.90 Å². The Kier molecular flexibility index (Phi) is 4.08. The van der Waals surface area contributed by atoms with Crippen molar-refractivity contribution in [1.29, 1.82) is 0 Å². The molecule has 0 heterocycles. The van der Waals surface area contributed by atoms with Gasteiger partial charge in [-0.25, -0.2) is 8.42 Å². The summed E-state index contributed by atoms with van der Waals surface area (Å²) in [5.74, 6) is 6.73. The van der Waals surface area contributed by atoms with Crippen molar-refractivity contribution >= 4 is 9.84 Å². The maximum absolute atomic E-state index is 11.6. The van der Waals surface area contributed by atoms with E-state index in [1.807, 2.05) is 6.07 Å². The zero-order valence-corrected chi connectivity index (χ0v) is 11.5. The molecular weight excluding hydrogens is 244 g/mol. The summed E-state index contributed by atoms with van der Waals surface area (Å²) in [6.07, 6.45) is 7.31. The molecule has 0 aromatic heterocycles. The van der Waals surface area contributed by atoms with E-state index in [0.717, 1.165) is 12.8 Å². The maximum Gasteiger partial charge on any atom is 0.176 e. The molecule has 0 spiro atoms. The van der Waals surface area contributed by atoms with E-state index in [4.69, 9.17) is 0 Å². The molecule has 0 bridgehead atoms. The summed E-state index contributed by atoms with van der Waals surface area (Å²) in [6.45, 7) is 0. The molecule has 1 fully saturated rings. The highest BCUT2D eigenvalue weighted by atomic mass is 32.2. The number of rotatable bonds is 1. The molecule has 2 rings (SSSR count). The Morgan fingerprint density at radius 1 is 1.11 bits per heavy atom. The third kappa shape index (κ3) is 3.36. The summed E-state index contributed by atoms with van der Waals surface area (Å²) >= 11 is 0. The fourth-order valence-electron chi connectivity index (χ4n) is 2.32. The summed E-state index contributed by atoms with van der Waals surface area (Å²) in [4.78, 5) is 0.341. The first-order valence-electron chi connectivity index (χ1n) is 6.38. The second-order valence-electron chi connectivity index (χ2n) is 4.87. The summed E-state index contributed by atoms with van der Waals surface area (Å²) in [5, 5.41) is 0. The van der Waals surface area contributed by atoms with Gasteiger partial charge in [0.2, 0.25) is 0 Å². The first-order valence-corrected chi connectivity index (χ1v) is 8.27. The fraction of sp³-hybridized carbons (Fsp3) is 0.467. The first kappa shape index (κ1) is 13.2. The molecule has 0 aliphatic heterocycles. The van der Waals surface area contributed by atoms with E-state index in [-0.39, 0.29) is 0 Å². The lowest BCUT2D eigenvalue weighted by Crippen LogP contribution is -2.04. The van der Waals surface area contributed by atoms with Crippen LogP contribution in [0.3, 0.4) is 0 Å². The lowest BCUT2D eigenvalue weighted by Gasteiger charge is -2.15. The van der Waals surface area contributed by atoms with Gasteiger partial charge in [-0.3, -0.25) is 0 Å². The van der Waals surface area contributed by atoms with Gasteiger partial charge in [0.25, 0.3) is 0 Å². The SMILES string of the molecule is CS(=O)(=O)c1ccccc1C#CC1CCCCC1. The predicted molar refractivity (Wildman–Crippen MR) is 73.0 cm³/mol. The van der Waals surface area contributed by atoms with Gasteiger partial charge in [0.1, 0.15) is 0 Å². The normalized spacial score (nSPS) is 16.9. The molecule has 3 heteroatoms. The van der Waals surface area contributed by atoms with Crippen molar-refractivity contribution in [3.63, 3.8) is 0 Å². The fourth-order valence-corrected chi connectivity index (χ4v) is 3.16. The molecule has 1 aliphatic carbocycles. The van der Waals surface area contributed by atoms with Crippen LogP contribution in [0.5, 0.6) is 0 Å². The number of benzene rings is 1. The van der Waals surface area contributed by atoms with Crippen molar-refractivity contribution in [3.05, 3.63) is 29.8 Å². The van der Waals surface area contributed by atoms with Crippen LogP contribution < -0.4 is 0 Å². The third-order valence-electron chi connectivity index (χ3n) is 3.30. The highest BCUT2D eigenvalue weighted by Gasteiger charge is 2.12. The molecule has 0 amide bonds. The standard InChI is InChI=1S/C15H18O2S/c1-18(16,17)15-10-6-5-9-14(15)12-11-13-7-3-2-4-8-13/h5-6,9-10,13H,2-4,7-8H2,1H3. The van der Waals surface area contributed by atoms with Crippen molar-refractivity contribution in [2.45, 2.75) is 37.0 Å². The van der Waals surface area contributed by atoms with Gasteiger partial charge >= 0.3 is 0 Å². The molecule has 0 unspecified atom stereocenters. The Balaban J connectivity index is 2.27. The maximum atomic E-state index is 11.6. The van der Waals surface area contributed by atoms with Crippen LogP contribution in [0.25, 0.3) is 0 Å². The van der Waals surface area contributed by atoms with Crippen LogP contribution in [-0.2, 0) is 9.84 Å². The number of hydrogen-bond acceptors (Lipinski definition) is 2. The van der Waals surface area contributed by atoms with Crippen LogP contribution in [-0.4, -0.2) is 14.7 Å². The third-order valence-corrected chi connectivity index (χ3v) is 4.46. The number of hydrogen-bond donors (Lipinski definition) is 0. The zero-order valence-electron chi connectivity index (χ0n) is 10.6. The lowest BCUT2D eigenvalue weighted by atomic mass is 9.90. The molecule has 18 heavy (non-hydrogen) atoms. The lowest BCUT2D eigenvalue weighted by molar-refractivity contribution is 0.430. The summed E-state index contributed by atoms with van der Waals surface area (Å²) in [5.41, 5.74) is 0.630. The second-order valence-corrected chi connectivity index (χ2v) is 6.86. The second kappa shape index (κ2) is 5.58. The largest absolute Gasteiger partial charge is 0.224 e. The van der Waals surface area contributed by atoms with Gasteiger partial charge < -0.3 is 0 Å². The molecule has 1 saturated carbocycles. The van der Waals surface area contributed by atoms with Gasteiger partial charge in [-0.1, -0.05) is 43.2 Å². The summed E-state index contributed by atoms with van der Waals surface area (Å²) in [6, 6.07) is 6.98. The molecular formula is C15H18O2S. The molecule has 0 saturated heterocycles. The van der Waals surface area contributed by atoms with Crippen LogP contribution >= 0.6 is 0 Å². The molecule has 2 nitrogen and oxygen atoms in total. The average molecular weight is 262 g/mol. The minimum atomic E-state index is -3.19. The van der Waals surface area contributed by atoms with E-state index in [2.05, 4.69) is 11.8 Å². The quantitative estimate of drug-likeness (QED) is 0.729. The van der Waals surface area contributed by atoms with Crippen LogP contribution in [0, 0.1) is 17.8 Å². The highest BCUT2D eigenvalue weighted by Crippen LogP contribution is 2.23. The van der Waals surface area contributed by atoms with Gasteiger partial charge in [-0.2, -0.15) is 0 Å². The van der Waals surface area contributed by atoms with E-state index in [0.29, 0.717) is 16.4 Å². The highest BCUT2D eigenvalue weighted by molar-refractivity contribution is 7.90. The molecule has 1 aromatic rings. The molecule has 1 aliphatic rings. The minimum absolute atomic E-state index is 0.341. The minimum Gasteiger partial charge on any atom is -0.224 e. The Morgan fingerprint density at radius 3 is 2.44 bits per heavy atom. The van der Waals surface area contributed by atoms with E-state index >= 15 is 0 Å². The monoisotopic (exact) mass is 262 g/mol. The van der Waals surface area contributed by atoms with Crippen molar-refractivity contribution in [3.8, 4) is 11.8 Å². The molecule has 1 aromatic carbocycles. The van der Waals surface area contributed by atoms with E-state index in [1.54, 1.807) is 18.2 Å². The smallest absolute Gasteiger partial charge is 0.176 e. The molecule has 0 N–H and O–H groups in total. The first-order chi connectivity index (χ1) is 8.57. The molecule has 96 valence electrons. The van der Waals surface area contributed by atoms with Gasteiger partial charge in [0.15, 0.2) is 9.84 Å². The Labute approximate surface area is 109 Å². The number of sulfone groups is 1. The van der Waals surface area contributed by atoms with E-state index < -0.39 is 9.84 Å². The van der Waals surface area contributed by atoms with Gasteiger partial charge in [-0.15, -0.1) is 0 Å². The van der Waals surface area contributed by atoms with E-state index in [1.165, 1.54) is 25.5 Å². The predicted octanol–water partition coefficient (Wildman–Crippen LogP) is 3.02. The topological polar surface area (TPSA) is 34.1 Å². The average Bonchev–Trinajstić information content (AvgIpc) is 2.37. The molecule has 0 radical (unpaired) electrons. The van der Waals surface area contributed by atoms with Crippen molar-refractivity contribution in [1.82, 2.24) is 0 Å². The molecule has 0 atom stereocenters. The summed E-state index contributed by atoms with van der Waals surface area (Å²) in [7, 11) is -3.19. The van der Waals surface area contributed by atoms with Gasteiger partial charge in [0, 0.05) is 17.7 Å². The summed E-state index contributed by atoms with van der Waals surface area (Å²) < 4.78 is 23.3. The Bertz CT molecular complexity index is 570. The van der Waals surface area contributed by atoms with Gasteiger partial charge in [-0.05, 0) is 25.0 Å². The van der Waals surface area contributed by atoms with Crippen LogP contribution in [0.4, 0.5) is 0 Å². The van der Waals surface area contributed by atoms with Crippen LogP contribution in [0.1, 0.15) is 37.7 Å². The van der Waals surface area contributed by atoms with E-state index in [9.17, 15) is 8.42 Å². The van der Waals surface area contributed by atoms with Crippen molar-refractivity contribution < 1.29 is 8.42 Å².